The van der Waals surface area contributed by atoms with E-state index in [4.69, 9.17) is 0 Å². The predicted molar refractivity (Wildman–Crippen MR) is 72.7 cm³/mol. The van der Waals surface area contributed by atoms with Crippen molar-refractivity contribution >= 4 is 0 Å². The molecule has 1 saturated carbocycles. The maximum atomic E-state index is 3.71. The van der Waals surface area contributed by atoms with Crippen LogP contribution in [-0.4, -0.2) is 12.6 Å². The number of unbranched alkanes of at least 4 members (excludes halogenated alkanes) is 3. The Morgan fingerprint density at radius 2 is 1.81 bits per heavy atom. The second-order valence-electron chi connectivity index (χ2n) is 6.17. The van der Waals surface area contributed by atoms with Gasteiger partial charge in [-0.05, 0) is 44.1 Å². The molecule has 0 amide bonds. The normalized spacial score (nSPS) is 25.5. The highest BCUT2D eigenvalue weighted by Crippen LogP contribution is 2.24. The minimum Gasteiger partial charge on any atom is -0.314 e. The van der Waals surface area contributed by atoms with E-state index in [-0.39, 0.29) is 0 Å². The van der Waals surface area contributed by atoms with E-state index in [1.807, 2.05) is 0 Å². The molecule has 2 atom stereocenters. The fraction of sp³-hybridized carbons (Fsp3) is 1.00. The Labute approximate surface area is 102 Å². The lowest BCUT2D eigenvalue weighted by molar-refractivity contribution is 0.474. The largest absolute Gasteiger partial charge is 0.314 e. The van der Waals surface area contributed by atoms with E-state index in [1.165, 1.54) is 57.9 Å². The average Bonchev–Trinajstić information content (AvgIpc) is 2.62. The van der Waals surface area contributed by atoms with Crippen LogP contribution >= 0.6 is 0 Å². The van der Waals surface area contributed by atoms with Crippen molar-refractivity contribution in [2.24, 2.45) is 11.8 Å². The van der Waals surface area contributed by atoms with Crippen molar-refractivity contribution in [1.82, 2.24) is 5.32 Å². The number of nitrogens with one attached hydrogen (secondary N) is 1. The molecule has 0 aliphatic heterocycles. The van der Waals surface area contributed by atoms with Crippen LogP contribution in [0.5, 0.6) is 0 Å². The third kappa shape index (κ3) is 6.52. The van der Waals surface area contributed by atoms with Gasteiger partial charge in [-0.25, -0.2) is 0 Å². The van der Waals surface area contributed by atoms with Crippen molar-refractivity contribution in [3.63, 3.8) is 0 Å². The van der Waals surface area contributed by atoms with Gasteiger partial charge in [0.2, 0.25) is 0 Å². The highest BCUT2D eigenvalue weighted by Gasteiger charge is 2.19. The first kappa shape index (κ1) is 14.0. The fourth-order valence-electron chi connectivity index (χ4n) is 2.73. The Bertz CT molecular complexity index is 165. The summed E-state index contributed by atoms with van der Waals surface area (Å²) in [5.41, 5.74) is 0. The predicted octanol–water partition coefficient (Wildman–Crippen LogP) is 4.37. The minimum absolute atomic E-state index is 0.839. The molecule has 1 heteroatoms. The summed E-state index contributed by atoms with van der Waals surface area (Å²) in [7, 11) is 0. The van der Waals surface area contributed by atoms with Gasteiger partial charge in [-0.1, -0.05) is 46.5 Å². The summed E-state index contributed by atoms with van der Waals surface area (Å²) in [5, 5.41) is 3.71. The van der Waals surface area contributed by atoms with Crippen molar-refractivity contribution in [2.45, 2.75) is 78.2 Å². The SMILES string of the molecule is CC(C)CCCCCCNC1CCC(C)C1. The average molecular weight is 225 g/mol. The summed E-state index contributed by atoms with van der Waals surface area (Å²) in [6.07, 6.45) is 11.3. The Hall–Kier alpha value is -0.0400. The molecule has 0 aromatic rings. The lowest BCUT2D eigenvalue weighted by Crippen LogP contribution is -2.27. The van der Waals surface area contributed by atoms with Gasteiger partial charge < -0.3 is 5.32 Å². The third-order valence-electron chi connectivity index (χ3n) is 3.84. The van der Waals surface area contributed by atoms with Crippen LogP contribution in [0.15, 0.2) is 0 Å². The second-order valence-corrected chi connectivity index (χ2v) is 6.17. The Morgan fingerprint density at radius 1 is 1.06 bits per heavy atom. The van der Waals surface area contributed by atoms with Crippen LogP contribution in [-0.2, 0) is 0 Å². The lowest BCUT2D eigenvalue weighted by Gasteiger charge is -2.12. The van der Waals surface area contributed by atoms with Crippen LogP contribution in [0.3, 0.4) is 0 Å². The molecule has 0 radical (unpaired) electrons. The molecule has 1 fully saturated rings. The van der Waals surface area contributed by atoms with Crippen LogP contribution < -0.4 is 5.32 Å². The molecule has 0 heterocycles. The van der Waals surface area contributed by atoms with Gasteiger partial charge in [0, 0.05) is 6.04 Å². The van der Waals surface area contributed by atoms with Gasteiger partial charge in [-0.3, -0.25) is 0 Å². The summed E-state index contributed by atoms with van der Waals surface area (Å²) in [6, 6.07) is 0.839. The van der Waals surface area contributed by atoms with Gasteiger partial charge in [0.05, 0.1) is 0 Å². The molecule has 96 valence electrons. The van der Waals surface area contributed by atoms with Crippen molar-refractivity contribution in [3.8, 4) is 0 Å². The third-order valence-corrected chi connectivity index (χ3v) is 3.84. The fourth-order valence-corrected chi connectivity index (χ4v) is 2.73. The van der Waals surface area contributed by atoms with Crippen molar-refractivity contribution in [3.05, 3.63) is 0 Å². The number of hydrogen-bond acceptors (Lipinski definition) is 1. The van der Waals surface area contributed by atoms with Gasteiger partial charge in [-0.15, -0.1) is 0 Å². The van der Waals surface area contributed by atoms with Crippen LogP contribution in [0.1, 0.15) is 72.1 Å². The summed E-state index contributed by atoms with van der Waals surface area (Å²) in [6.45, 7) is 8.28. The molecule has 16 heavy (non-hydrogen) atoms. The monoisotopic (exact) mass is 225 g/mol. The van der Waals surface area contributed by atoms with Gasteiger partial charge in [0.25, 0.3) is 0 Å². The van der Waals surface area contributed by atoms with Gasteiger partial charge in [-0.2, -0.15) is 0 Å². The topological polar surface area (TPSA) is 12.0 Å². The van der Waals surface area contributed by atoms with Gasteiger partial charge >= 0.3 is 0 Å². The summed E-state index contributed by atoms with van der Waals surface area (Å²) in [4.78, 5) is 0. The Morgan fingerprint density at radius 3 is 2.44 bits per heavy atom. The molecule has 1 aliphatic carbocycles. The van der Waals surface area contributed by atoms with E-state index in [1.54, 1.807) is 0 Å². The zero-order chi connectivity index (χ0) is 11.8. The van der Waals surface area contributed by atoms with E-state index in [0.29, 0.717) is 0 Å². The molecule has 2 unspecified atom stereocenters. The van der Waals surface area contributed by atoms with Crippen LogP contribution in [0.2, 0.25) is 0 Å². The molecule has 0 aromatic carbocycles. The molecule has 1 nitrogen and oxygen atoms in total. The smallest absolute Gasteiger partial charge is 0.00696 e. The van der Waals surface area contributed by atoms with E-state index in [0.717, 1.165) is 17.9 Å². The summed E-state index contributed by atoms with van der Waals surface area (Å²) in [5.74, 6) is 1.85. The van der Waals surface area contributed by atoms with Crippen molar-refractivity contribution < 1.29 is 0 Å². The molecule has 0 bridgehead atoms. The zero-order valence-electron chi connectivity index (χ0n) is 11.6. The van der Waals surface area contributed by atoms with Gasteiger partial charge in [0.1, 0.15) is 0 Å². The van der Waals surface area contributed by atoms with Gasteiger partial charge in [0.15, 0.2) is 0 Å². The highest BCUT2D eigenvalue weighted by atomic mass is 14.9. The molecular formula is C15H31N. The van der Waals surface area contributed by atoms with E-state index in [2.05, 4.69) is 26.1 Å². The maximum absolute atomic E-state index is 3.71. The molecule has 1 rings (SSSR count). The standard InChI is InChI=1S/C15H31N/c1-13(2)8-6-4-5-7-11-16-15-10-9-14(3)12-15/h13-16H,4-12H2,1-3H3. The first-order valence-corrected chi connectivity index (χ1v) is 7.42. The Balaban J connectivity index is 1.81. The van der Waals surface area contributed by atoms with Crippen LogP contribution in [0, 0.1) is 11.8 Å². The lowest BCUT2D eigenvalue weighted by atomic mass is 10.0. The van der Waals surface area contributed by atoms with E-state index < -0.39 is 0 Å². The molecule has 1 aliphatic rings. The van der Waals surface area contributed by atoms with Crippen LogP contribution in [0.4, 0.5) is 0 Å². The number of hydrogen-bond donors (Lipinski definition) is 1. The number of rotatable bonds is 8. The molecule has 0 aromatic heterocycles. The first-order chi connectivity index (χ1) is 7.68. The van der Waals surface area contributed by atoms with E-state index >= 15 is 0 Å². The quantitative estimate of drug-likeness (QED) is 0.605. The molecular weight excluding hydrogens is 194 g/mol. The zero-order valence-corrected chi connectivity index (χ0v) is 11.6. The first-order valence-electron chi connectivity index (χ1n) is 7.42. The minimum atomic E-state index is 0.839. The molecule has 0 spiro atoms. The second kappa shape index (κ2) is 8.11. The molecule has 1 N–H and O–H groups in total. The van der Waals surface area contributed by atoms with Crippen LogP contribution in [0.25, 0.3) is 0 Å². The van der Waals surface area contributed by atoms with E-state index in [9.17, 15) is 0 Å². The summed E-state index contributed by atoms with van der Waals surface area (Å²) >= 11 is 0. The van der Waals surface area contributed by atoms with Crippen molar-refractivity contribution in [2.75, 3.05) is 6.54 Å². The maximum Gasteiger partial charge on any atom is 0.00696 e. The highest BCUT2D eigenvalue weighted by molar-refractivity contribution is 4.77. The Kier molecular flexibility index (Phi) is 7.11. The van der Waals surface area contributed by atoms with Crippen molar-refractivity contribution in [1.29, 1.82) is 0 Å². The summed E-state index contributed by atoms with van der Waals surface area (Å²) < 4.78 is 0. The molecule has 0 saturated heterocycles.